The molecule has 1 aromatic heterocycles. The van der Waals surface area contributed by atoms with E-state index in [0.29, 0.717) is 6.73 Å². The maximum absolute atomic E-state index is 6.16. The molecule has 0 saturated heterocycles. The summed E-state index contributed by atoms with van der Waals surface area (Å²) in [5.41, 5.74) is 2.51. The highest BCUT2D eigenvalue weighted by Crippen LogP contribution is 2.30. The summed E-state index contributed by atoms with van der Waals surface area (Å²) in [6.45, 7) is 2.44. The fourth-order valence-electron chi connectivity index (χ4n) is 2.73. The van der Waals surface area contributed by atoms with Crippen LogP contribution in [0.3, 0.4) is 0 Å². The number of aromatic nitrogens is 1. The van der Waals surface area contributed by atoms with Gasteiger partial charge in [-0.15, -0.1) is 0 Å². The summed E-state index contributed by atoms with van der Waals surface area (Å²) in [7, 11) is 0. The summed E-state index contributed by atoms with van der Waals surface area (Å²) in [4.78, 5) is 0. The van der Waals surface area contributed by atoms with Crippen molar-refractivity contribution in [1.29, 1.82) is 0 Å². The van der Waals surface area contributed by atoms with Crippen molar-refractivity contribution in [2.75, 3.05) is 6.61 Å². The lowest BCUT2D eigenvalue weighted by atomic mass is 10.2. The van der Waals surface area contributed by atoms with Crippen LogP contribution >= 0.6 is 11.6 Å². The summed E-state index contributed by atoms with van der Waals surface area (Å²) in [5, 5.41) is 5.65. The highest BCUT2D eigenvalue weighted by molar-refractivity contribution is 6.31. The van der Waals surface area contributed by atoms with E-state index in [1.807, 2.05) is 12.1 Å². The largest absolute Gasteiger partial charge is 0.360 e. The lowest BCUT2D eigenvalue weighted by Crippen LogP contribution is -2.15. The van der Waals surface area contributed by atoms with Crippen molar-refractivity contribution in [3.63, 3.8) is 0 Å². The Hall–Kier alpha value is -1.03. The molecule has 2 aromatic rings. The van der Waals surface area contributed by atoms with Gasteiger partial charge in [-0.25, -0.2) is 0 Å². The minimum atomic E-state index is 0.622. The number of hydrogen-bond acceptors (Lipinski definition) is 2. The third-order valence-corrected chi connectivity index (χ3v) is 4.60. The molecule has 2 aliphatic rings. The fraction of sp³-hybridized carbons (Fsp3) is 0.529. The Kier molecular flexibility index (Phi) is 3.66. The van der Waals surface area contributed by atoms with E-state index in [1.54, 1.807) is 0 Å². The number of nitrogens with zero attached hydrogens (tertiary/aromatic N) is 1. The molecule has 1 N–H and O–H groups in total. The van der Waals surface area contributed by atoms with Gasteiger partial charge in [-0.05, 0) is 49.3 Å². The Bertz CT molecular complexity index is 644. The second-order valence-electron chi connectivity index (χ2n) is 6.38. The quantitative estimate of drug-likeness (QED) is 0.839. The van der Waals surface area contributed by atoms with Gasteiger partial charge in [0.15, 0.2) is 0 Å². The first-order valence-corrected chi connectivity index (χ1v) is 8.26. The van der Waals surface area contributed by atoms with Crippen molar-refractivity contribution in [2.45, 2.75) is 45.0 Å². The SMILES string of the molecule is Clc1ccc2c(CNC3CC3)cn(COCC3CC3)c2c1. The van der Waals surface area contributed by atoms with Crippen LogP contribution in [0, 0.1) is 5.92 Å². The zero-order valence-electron chi connectivity index (χ0n) is 12.1. The van der Waals surface area contributed by atoms with Crippen LogP contribution in [0.5, 0.6) is 0 Å². The van der Waals surface area contributed by atoms with Crippen molar-refractivity contribution < 1.29 is 4.74 Å². The Morgan fingerprint density at radius 3 is 2.86 bits per heavy atom. The molecule has 0 atom stereocenters. The molecule has 0 aliphatic heterocycles. The molecule has 1 heterocycles. The molecule has 21 heavy (non-hydrogen) atoms. The van der Waals surface area contributed by atoms with Gasteiger partial charge in [-0.2, -0.15) is 0 Å². The molecule has 0 unspecified atom stereocenters. The van der Waals surface area contributed by atoms with E-state index in [1.165, 1.54) is 42.1 Å². The van der Waals surface area contributed by atoms with Crippen LogP contribution in [-0.4, -0.2) is 17.2 Å². The maximum atomic E-state index is 6.16. The predicted octanol–water partition coefficient (Wildman–Crippen LogP) is 3.93. The van der Waals surface area contributed by atoms with Gasteiger partial charge in [0.25, 0.3) is 0 Å². The first-order valence-electron chi connectivity index (χ1n) is 7.88. The molecule has 2 saturated carbocycles. The number of ether oxygens (including phenoxy) is 1. The predicted molar refractivity (Wildman–Crippen MR) is 85.5 cm³/mol. The van der Waals surface area contributed by atoms with Crippen LogP contribution in [0.1, 0.15) is 31.2 Å². The van der Waals surface area contributed by atoms with Crippen molar-refractivity contribution in [2.24, 2.45) is 5.92 Å². The number of rotatable bonds is 7. The molecule has 2 fully saturated rings. The van der Waals surface area contributed by atoms with Crippen molar-refractivity contribution in [3.8, 4) is 0 Å². The van der Waals surface area contributed by atoms with Gasteiger partial charge in [-0.3, -0.25) is 0 Å². The zero-order valence-corrected chi connectivity index (χ0v) is 12.9. The van der Waals surface area contributed by atoms with Gasteiger partial charge >= 0.3 is 0 Å². The van der Waals surface area contributed by atoms with Crippen LogP contribution in [0.25, 0.3) is 10.9 Å². The van der Waals surface area contributed by atoms with E-state index in [9.17, 15) is 0 Å². The first kappa shape index (κ1) is 13.6. The molecule has 1 aromatic carbocycles. The van der Waals surface area contributed by atoms with Crippen molar-refractivity contribution in [1.82, 2.24) is 9.88 Å². The topological polar surface area (TPSA) is 26.2 Å². The molecule has 0 spiro atoms. The molecule has 4 rings (SSSR count). The number of fused-ring (bicyclic) bond motifs is 1. The number of nitrogens with one attached hydrogen (secondary N) is 1. The number of hydrogen-bond donors (Lipinski definition) is 1. The molecular formula is C17H21ClN2O. The van der Waals surface area contributed by atoms with E-state index in [-0.39, 0.29) is 0 Å². The standard InChI is InChI=1S/C17H21ClN2O/c18-14-3-6-16-13(8-19-15-4-5-15)9-20(17(16)7-14)11-21-10-12-1-2-12/h3,6-7,9,12,15,19H,1-2,4-5,8,10-11H2. The molecule has 0 amide bonds. The van der Waals surface area contributed by atoms with Gasteiger partial charge in [0.1, 0.15) is 6.73 Å². The van der Waals surface area contributed by atoms with Crippen LogP contribution in [0.15, 0.2) is 24.4 Å². The molecule has 0 bridgehead atoms. The second kappa shape index (κ2) is 5.64. The minimum absolute atomic E-state index is 0.622. The van der Waals surface area contributed by atoms with Gasteiger partial charge in [0.05, 0.1) is 12.1 Å². The third-order valence-electron chi connectivity index (χ3n) is 4.37. The lowest BCUT2D eigenvalue weighted by molar-refractivity contribution is 0.0717. The van der Waals surface area contributed by atoms with Crippen LogP contribution in [-0.2, 0) is 18.0 Å². The van der Waals surface area contributed by atoms with Crippen LogP contribution in [0.4, 0.5) is 0 Å². The van der Waals surface area contributed by atoms with Gasteiger partial charge in [-0.1, -0.05) is 17.7 Å². The van der Waals surface area contributed by atoms with E-state index >= 15 is 0 Å². The Balaban J connectivity index is 1.55. The molecule has 112 valence electrons. The average Bonchev–Trinajstić information content (AvgIpc) is 3.37. The molecule has 3 nitrogen and oxygen atoms in total. The molecule has 2 aliphatic carbocycles. The van der Waals surface area contributed by atoms with Crippen LogP contribution < -0.4 is 5.32 Å². The Labute approximate surface area is 130 Å². The molecule has 4 heteroatoms. The first-order chi connectivity index (χ1) is 10.3. The molecule has 0 radical (unpaired) electrons. The van der Waals surface area contributed by atoms with Gasteiger partial charge in [0.2, 0.25) is 0 Å². The highest BCUT2D eigenvalue weighted by Gasteiger charge is 2.22. The third kappa shape index (κ3) is 3.25. The zero-order chi connectivity index (χ0) is 14.2. The highest BCUT2D eigenvalue weighted by atomic mass is 35.5. The lowest BCUT2D eigenvalue weighted by Gasteiger charge is -2.06. The van der Waals surface area contributed by atoms with Crippen molar-refractivity contribution in [3.05, 3.63) is 35.0 Å². The van der Waals surface area contributed by atoms with Crippen LogP contribution in [0.2, 0.25) is 5.02 Å². The summed E-state index contributed by atoms with van der Waals surface area (Å²) < 4.78 is 8.03. The van der Waals surface area contributed by atoms with E-state index in [0.717, 1.165) is 30.1 Å². The minimum Gasteiger partial charge on any atom is -0.360 e. The summed E-state index contributed by atoms with van der Waals surface area (Å²) in [5.74, 6) is 0.798. The maximum Gasteiger partial charge on any atom is 0.122 e. The summed E-state index contributed by atoms with van der Waals surface area (Å²) >= 11 is 6.16. The van der Waals surface area contributed by atoms with E-state index in [2.05, 4.69) is 22.1 Å². The number of halogens is 1. The Morgan fingerprint density at radius 2 is 2.10 bits per heavy atom. The summed E-state index contributed by atoms with van der Waals surface area (Å²) in [6.07, 6.45) is 7.50. The van der Waals surface area contributed by atoms with E-state index in [4.69, 9.17) is 16.3 Å². The van der Waals surface area contributed by atoms with Gasteiger partial charge < -0.3 is 14.6 Å². The second-order valence-corrected chi connectivity index (χ2v) is 6.82. The van der Waals surface area contributed by atoms with E-state index < -0.39 is 0 Å². The van der Waals surface area contributed by atoms with Gasteiger partial charge in [0, 0.05) is 29.2 Å². The average molecular weight is 305 g/mol. The smallest absolute Gasteiger partial charge is 0.122 e. The normalized spacial score (nSPS) is 18.5. The molecular weight excluding hydrogens is 284 g/mol. The summed E-state index contributed by atoms with van der Waals surface area (Å²) in [6, 6.07) is 6.86. The van der Waals surface area contributed by atoms with Crippen molar-refractivity contribution >= 4 is 22.5 Å². The fourth-order valence-corrected chi connectivity index (χ4v) is 2.90. The Morgan fingerprint density at radius 1 is 1.24 bits per heavy atom. The number of benzene rings is 1. The monoisotopic (exact) mass is 304 g/mol.